The summed E-state index contributed by atoms with van der Waals surface area (Å²) in [7, 11) is 1.45. The van der Waals surface area contributed by atoms with Crippen molar-refractivity contribution in [3.05, 3.63) is 47.2 Å². The van der Waals surface area contributed by atoms with Gasteiger partial charge < -0.3 is 14.5 Å². The molecule has 9 heteroatoms. The van der Waals surface area contributed by atoms with E-state index in [4.69, 9.17) is 14.8 Å². The maximum Gasteiger partial charge on any atom is 0.276 e. The SMILES string of the molecule is COc1ccc(F)c(C(=O)N2CCCC[C@H]2c2cc3nc(N4CC[C@H](C)C4)c(C)cn3n2)n1. The fourth-order valence-electron chi connectivity index (χ4n) is 4.94. The summed E-state index contributed by atoms with van der Waals surface area (Å²) in [4.78, 5) is 26.3. The van der Waals surface area contributed by atoms with Crippen LogP contribution in [-0.2, 0) is 0 Å². The number of carbonyl (C=O) groups excluding carboxylic acids is 1. The van der Waals surface area contributed by atoms with Crippen LogP contribution in [-0.4, -0.2) is 57.1 Å². The molecule has 8 nitrogen and oxygen atoms in total. The molecule has 0 aromatic carbocycles. The molecule has 0 radical (unpaired) electrons. The van der Waals surface area contributed by atoms with Crippen molar-refractivity contribution in [3.8, 4) is 5.88 Å². The molecule has 2 fully saturated rings. The number of rotatable bonds is 4. The van der Waals surface area contributed by atoms with E-state index >= 15 is 0 Å². The summed E-state index contributed by atoms with van der Waals surface area (Å²) in [6.45, 7) is 6.86. The van der Waals surface area contributed by atoms with Crippen LogP contribution in [0.2, 0.25) is 0 Å². The monoisotopic (exact) mass is 452 g/mol. The van der Waals surface area contributed by atoms with Gasteiger partial charge in [0, 0.05) is 43.5 Å². The average Bonchev–Trinajstić information content (AvgIpc) is 3.44. The first kappa shape index (κ1) is 21.6. The second-order valence-electron chi connectivity index (χ2n) is 9.15. The van der Waals surface area contributed by atoms with Crippen molar-refractivity contribution in [2.45, 2.75) is 45.6 Å². The van der Waals surface area contributed by atoms with Crippen molar-refractivity contribution in [2.24, 2.45) is 5.92 Å². The van der Waals surface area contributed by atoms with Crippen LogP contribution >= 0.6 is 0 Å². The lowest BCUT2D eigenvalue weighted by Gasteiger charge is -2.34. The molecule has 2 atom stereocenters. The van der Waals surface area contributed by atoms with E-state index in [0.29, 0.717) is 12.5 Å². The third-order valence-corrected chi connectivity index (χ3v) is 6.68. The predicted molar refractivity (Wildman–Crippen MR) is 122 cm³/mol. The highest BCUT2D eigenvalue weighted by Crippen LogP contribution is 2.33. The zero-order chi connectivity index (χ0) is 23.1. The molecule has 5 heterocycles. The summed E-state index contributed by atoms with van der Waals surface area (Å²) >= 11 is 0. The highest BCUT2D eigenvalue weighted by Gasteiger charge is 2.33. The van der Waals surface area contributed by atoms with E-state index in [9.17, 15) is 9.18 Å². The van der Waals surface area contributed by atoms with Crippen LogP contribution in [0.25, 0.3) is 5.65 Å². The topological polar surface area (TPSA) is 75.9 Å². The number of piperidine rings is 1. The Balaban J connectivity index is 1.48. The third kappa shape index (κ3) is 4.00. The Kier molecular flexibility index (Phi) is 5.64. The fourth-order valence-corrected chi connectivity index (χ4v) is 4.94. The molecular weight excluding hydrogens is 423 g/mol. The van der Waals surface area contributed by atoms with Gasteiger partial charge in [0.25, 0.3) is 5.91 Å². The number of nitrogens with zero attached hydrogens (tertiary/aromatic N) is 6. The normalized spacial score (nSPS) is 21.1. The maximum atomic E-state index is 14.5. The van der Waals surface area contributed by atoms with Gasteiger partial charge in [-0.15, -0.1) is 0 Å². The number of pyridine rings is 1. The van der Waals surface area contributed by atoms with E-state index in [0.717, 1.165) is 55.1 Å². The van der Waals surface area contributed by atoms with Gasteiger partial charge in [-0.1, -0.05) is 6.92 Å². The van der Waals surface area contributed by atoms with Gasteiger partial charge in [0.15, 0.2) is 17.2 Å². The first-order chi connectivity index (χ1) is 15.9. The van der Waals surface area contributed by atoms with E-state index in [2.05, 4.69) is 23.7 Å². The van der Waals surface area contributed by atoms with Crippen molar-refractivity contribution in [3.63, 3.8) is 0 Å². The molecule has 3 aromatic rings. The van der Waals surface area contributed by atoms with E-state index in [-0.39, 0.29) is 17.6 Å². The second kappa shape index (κ2) is 8.61. The number of hydrogen-bond donors (Lipinski definition) is 0. The lowest BCUT2D eigenvalue weighted by atomic mass is 9.99. The zero-order valence-electron chi connectivity index (χ0n) is 19.3. The molecule has 2 aliphatic heterocycles. The van der Waals surface area contributed by atoms with Crippen molar-refractivity contribution in [1.82, 2.24) is 24.5 Å². The third-order valence-electron chi connectivity index (χ3n) is 6.68. The molecule has 0 bridgehead atoms. The Bertz CT molecular complexity index is 1200. The molecule has 0 saturated carbocycles. The van der Waals surface area contributed by atoms with Gasteiger partial charge in [-0.2, -0.15) is 5.10 Å². The summed E-state index contributed by atoms with van der Waals surface area (Å²) in [5, 5.41) is 4.77. The van der Waals surface area contributed by atoms with Crippen LogP contribution < -0.4 is 9.64 Å². The van der Waals surface area contributed by atoms with Crippen LogP contribution in [0.4, 0.5) is 10.2 Å². The number of methoxy groups -OCH3 is 1. The molecule has 2 aliphatic rings. The minimum atomic E-state index is -0.651. The van der Waals surface area contributed by atoms with Gasteiger partial charge >= 0.3 is 0 Å². The number of anilines is 1. The molecule has 3 aromatic heterocycles. The first-order valence-corrected chi connectivity index (χ1v) is 11.6. The highest BCUT2D eigenvalue weighted by molar-refractivity contribution is 5.93. The highest BCUT2D eigenvalue weighted by atomic mass is 19.1. The van der Waals surface area contributed by atoms with Crippen molar-refractivity contribution in [1.29, 1.82) is 0 Å². The van der Waals surface area contributed by atoms with Crippen LogP contribution in [0.5, 0.6) is 5.88 Å². The Labute approximate surface area is 192 Å². The van der Waals surface area contributed by atoms with E-state index in [1.165, 1.54) is 25.7 Å². The molecule has 33 heavy (non-hydrogen) atoms. The minimum absolute atomic E-state index is 0.212. The number of amides is 1. The fraction of sp³-hybridized carbons (Fsp3) is 0.500. The van der Waals surface area contributed by atoms with E-state index in [1.807, 2.05) is 12.3 Å². The van der Waals surface area contributed by atoms with Crippen molar-refractivity contribution < 1.29 is 13.9 Å². The number of likely N-dealkylation sites (tertiary alicyclic amines) is 1. The molecule has 0 aliphatic carbocycles. The largest absolute Gasteiger partial charge is 0.481 e. The van der Waals surface area contributed by atoms with Gasteiger partial charge in [0.2, 0.25) is 5.88 Å². The summed E-state index contributed by atoms with van der Waals surface area (Å²) in [5.74, 6) is 0.781. The second-order valence-corrected chi connectivity index (χ2v) is 9.15. The Hall–Kier alpha value is -3.23. The predicted octanol–water partition coefficient (Wildman–Crippen LogP) is 3.79. The molecule has 2 saturated heterocycles. The van der Waals surface area contributed by atoms with E-state index < -0.39 is 11.7 Å². The van der Waals surface area contributed by atoms with Gasteiger partial charge in [-0.3, -0.25) is 4.79 Å². The molecular formula is C24H29FN6O2. The van der Waals surface area contributed by atoms with Crippen molar-refractivity contribution in [2.75, 3.05) is 31.6 Å². The molecule has 0 unspecified atom stereocenters. The molecule has 0 spiro atoms. The molecule has 0 N–H and O–H groups in total. The molecule has 174 valence electrons. The Morgan fingerprint density at radius 2 is 2.03 bits per heavy atom. The van der Waals surface area contributed by atoms with Crippen LogP contribution in [0.1, 0.15) is 60.4 Å². The number of halogens is 1. The molecule has 1 amide bonds. The van der Waals surface area contributed by atoms with Gasteiger partial charge in [0.1, 0.15) is 5.82 Å². The van der Waals surface area contributed by atoms with Crippen molar-refractivity contribution >= 4 is 17.4 Å². The van der Waals surface area contributed by atoms with Crippen LogP contribution in [0, 0.1) is 18.7 Å². The summed E-state index contributed by atoms with van der Waals surface area (Å²) in [5.41, 5.74) is 2.38. The average molecular weight is 453 g/mol. The lowest BCUT2D eigenvalue weighted by Crippen LogP contribution is -2.39. The minimum Gasteiger partial charge on any atom is -0.481 e. The molecule has 5 rings (SSSR count). The number of aryl methyl sites for hydroxylation is 1. The maximum absolute atomic E-state index is 14.5. The van der Waals surface area contributed by atoms with Crippen LogP contribution in [0.15, 0.2) is 24.4 Å². The van der Waals surface area contributed by atoms with Gasteiger partial charge in [-0.25, -0.2) is 18.9 Å². The van der Waals surface area contributed by atoms with Crippen LogP contribution in [0.3, 0.4) is 0 Å². The first-order valence-electron chi connectivity index (χ1n) is 11.6. The Morgan fingerprint density at radius 1 is 1.18 bits per heavy atom. The number of fused-ring (bicyclic) bond motifs is 1. The van der Waals surface area contributed by atoms with Gasteiger partial charge in [-0.05, 0) is 44.6 Å². The smallest absolute Gasteiger partial charge is 0.276 e. The number of ether oxygens (including phenoxy) is 1. The number of aromatic nitrogens is 4. The number of hydrogen-bond acceptors (Lipinski definition) is 6. The zero-order valence-corrected chi connectivity index (χ0v) is 19.3. The summed E-state index contributed by atoms with van der Waals surface area (Å²) in [6, 6.07) is 4.33. The Morgan fingerprint density at radius 3 is 2.79 bits per heavy atom. The summed E-state index contributed by atoms with van der Waals surface area (Å²) in [6.07, 6.45) is 5.76. The standard InChI is InChI=1S/C24H29FN6O2/c1-15-9-11-29(13-15)23-16(2)14-31-20(26-23)12-18(28-31)19-6-4-5-10-30(19)24(32)22-17(25)7-8-21(27-22)33-3/h7-8,12,14-15,19H,4-6,9-11,13H2,1-3H3/t15-,19-/m0/s1. The number of carbonyl (C=O) groups is 1. The van der Waals surface area contributed by atoms with Gasteiger partial charge in [0.05, 0.1) is 18.8 Å². The van der Waals surface area contributed by atoms with E-state index in [1.54, 1.807) is 9.42 Å². The quantitative estimate of drug-likeness (QED) is 0.600. The lowest BCUT2D eigenvalue weighted by molar-refractivity contribution is 0.0593. The summed E-state index contributed by atoms with van der Waals surface area (Å²) < 4.78 is 21.4.